The number of rotatable bonds is 3. The van der Waals surface area contributed by atoms with Crippen molar-refractivity contribution in [1.29, 1.82) is 0 Å². The number of hydrogen-bond acceptors (Lipinski definition) is 2. The van der Waals surface area contributed by atoms with Crippen LogP contribution in [0.15, 0.2) is 22.9 Å². The number of halogens is 1. The first-order valence-corrected chi connectivity index (χ1v) is 5.76. The lowest BCUT2D eigenvalue weighted by molar-refractivity contribution is 0.419. The van der Waals surface area contributed by atoms with E-state index in [1.807, 2.05) is 12.1 Å². The number of methoxy groups -OCH3 is 1. The van der Waals surface area contributed by atoms with E-state index in [9.17, 15) is 0 Å². The normalized spacial score (nSPS) is 10.9. The fraction of sp³-hybridized carbons (Fsp3) is 0.364. The Bertz CT molecular complexity index is 479. The van der Waals surface area contributed by atoms with E-state index in [2.05, 4.69) is 38.5 Å². The van der Waals surface area contributed by atoms with Crippen molar-refractivity contribution in [2.45, 2.75) is 19.9 Å². The van der Waals surface area contributed by atoms with E-state index < -0.39 is 0 Å². The quantitative estimate of drug-likeness (QED) is 0.855. The number of aromatic nitrogens is 2. The molecule has 0 unspecified atom stereocenters. The zero-order valence-electron chi connectivity index (χ0n) is 8.83. The molecule has 0 aliphatic rings. The molecular formula is C11H13BrN2O. The second-order valence-electron chi connectivity index (χ2n) is 3.36. The van der Waals surface area contributed by atoms with Crippen molar-refractivity contribution in [1.82, 2.24) is 9.55 Å². The van der Waals surface area contributed by atoms with Crippen LogP contribution in [0.25, 0.3) is 11.0 Å². The minimum atomic E-state index is 0.822. The van der Waals surface area contributed by atoms with Crippen molar-refractivity contribution >= 4 is 27.0 Å². The molecule has 0 fully saturated rings. The summed E-state index contributed by atoms with van der Waals surface area (Å²) in [5.41, 5.74) is 2.03. The Morgan fingerprint density at radius 1 is 1.47 bits per heavy atom. The Hall–Kier alpha value is -1.03. The predicted molar refractivity (Wildman–Crippen MR) is 64.3 cm³/mol. The lowest BCUT2D eigenvalue weighted by atomic mass is 10.3. The van der Waals surface area contributed by atoms with Gasteiger partial charge in [-0.25, -0.2) is 4.98 Å². The van der Waals surface area contributed by atoms with Crippen molar-refractivity contribution in [3.8, 4) is 5.75 Å². The van der Waals surface area contributed by atoms with Crippen LogP contribution in [0.4, 0.5) is 0 Å². The lowest BCUT2D eigenvalue weighted by Crippen LogP contribution is -1.96. The maximum Gasteiger partial charge on any atom is 0.178 e. The predicted octanol–water partition coefficient (Wildman–Crippen LogP) is 3.22. The summed E-state index contributed by atoms with van der Waals surface area (Å²) in [4.78, 5) is 4.46. The number of aryl methyl sites for hydroxylation is 1. The molecule has 0 spiro atoms. The highest BCUT2D eigenvalue weighted by molar-refractivity contribution is 9.10. The summed E-state index contributed by atoms with van der Waals surface area (Å²) < 4.78 is 8.29. The fourth-order valence-corrected chi connectivity index (χ4v) is 2.24. The highest BCUT2D eigenvalue weighted by atomic mass is 79.9. The van der Waals surface area contributed by atoms with Crippen molar-refractivity contribution in [2.75, 3.05) is 7.11 Å². The summed E-state index contributed by atoms with van der Waals surface area (Å²) in [6, 6.07) is 5.98. The van der Waals surface area contributed by atoms with E-state index in [1.54, 1.807) is 7.11 Å². The summed E-state index contributed by atoms with van der Waals surface area (Å²) in [7, 11) is 1.67. The SMILES string of the molecule is CCCn1c(Br)nc2c(OC)cccc21. The standard InChI is InChI=1S/C11H13BrN2O/c1-3-7-14-8-5-4-6-9(15-2)10(8)13-11(14)12/h4-6H,3,7H2,1-2H3. The first-order chi connectivity index (χ1) is 7.27. The highest BCUT2D eigenvalue weighted by Crippen LogP contribution is 2.27. The van der Waals surface area contributed by atoms with Gasteiger partial charge in [-0.1, -0.05) is 13.0 Å². The van der Waals surface area contributed by atoms with E-state index in [1.165, 1.54) is 0 Å². The summed E-state index contributed by atoms with van der Waals surface area (Å²) in [5.74, 6) is 0.822. The van der Waals surface area contributed by atoms with Gasteiger partial charge >= 0.3 is 0 Å². The molecule has 0 atom stereocenters. The molecule has 2 aromatic rings. The van der Waals surface area contributed by atoms with Crippen LogP contribution < -0.4 is 4.74 Å². The fourth-order valence-electron chi connectivity index (χ4n) is 1.69. The summed E-state index contributed by atoms with van der Waals surface area (Å²) in [6.45, 7) is 3.11. The smallest absolute Gasteiger partial charge is 0.178 e. The van der Waals surface area contributed by atoms with E-state index in [4.69, 9.17) is 4.74 Å². The van der Waals surface area contributed by atoms with Crippen molar-refractivity contribution in [2.24, 2.45) is 0 Å². The second kappa shape index (κ2) is 4.23. The van der Waals surface area contributed by atoms with Gasteiger partial charge in [0, 0.05) is 6.54 Å². The van der Waals surface area contributed by atoms with Crippen LogP contribution in [0.5, 0.6) is 5.75 Å². The van der Waals surface area contributed by atoms with Gasteiger partial charge in [-0.15, -0.1) is 0 Å². The molecule has 0 aliphatic carbocycles. The molecular weight excluding hydrogens is 256 g/mol. The largest absolute Gasteiger partial charge is 0.494 e. The van der Waals surface area contributed by atoms with Gasteiger partial charge in [-0.05, 0) is 34.5 Å². The first kappa shape index (κ1) is 10.5. The van der Waals surface area contributed by atoms with Gasteiger partial charge in [-0.2, -0.15) is 0 Å². The number of fused-ring (bicyclic) bond motifs is 1. The number of imidazole rings is 1. The molecule has 15 heavy (non-hydrogen) atoms. The molecule has 0 amide bonds. The zero-order valence-corrected chi connectivity index (χ0v) is 10.4. The maximum absolute atomic E-state index is 5.28. The van der Waals surface area contributed by atoms with Crippen LogP contribution in [0, 0.1) is 0 Å². The van der Waals surface area contributed by atoms with E-state index in [-0.39, 0.29) is 0 Å². The van der Waals surface area contributed by atoms with Gasteiger partial charge in [0.2, 0.25) is 0 Å². The molecule has 4 heteroatoms. The van der Waals surface area contributed by atoms with Crippen LogP contribution in [0.3, 0.4) is 0 Å². The van der Waals surface area contributed by atoms with Crippen LogP contribution in [0.1, 0.15) is 13.3 Å². The van der Waals surface area contributed by atoms with Gasteiger partial charge in [0.1, 0.15) is 11.3 Å². The van der Waals surface area contributed by atoms with Crippen LogP contribution in [0.2, 0.25) is 0 Å². The molecule has 0 saturated carbocycles. The molecule has 80 valence electrons. The molecule has 0 radical (unpaired) electrons. The Labute approximate surface area is 97.2 Å². The third-order valence-corrected chi connectivity index (χ3v) is 2.97. The summed E-state index contributed by atoms with van der Waals surface area (Å²) in [5, 5.41) is 0. The molecule has 1 heterocycles. The van der Waals surface area contributed by atoms with Crippen LogP contribution in [-0.2, 0) is 6.54 Å². The Morgan fingerprint density at radius 2 is 2.27 bits per heavy atom. The highest BCUT2D eigenvalue weighted by Gasteiger charge is 2.10. The number of benzene rings is 1. The number of nitrogens with zero attached hydrogens (tertiary/aromatic N) is 2. The van der Waals surface area contributed by atoms with Gasteiger partial charge in [0.05, 0.1) is 12.6 Å². The van der Waals surface area contributed by atoms with Gasteiger partial charge in [0.15, 0.2) is 4.73 Å². The monoisotopic (exact) mass is 268 g/mol. The summed E-state index contributed by atoms with van der Waals surface area (Å²) >= 11 is 3.47. The maximum atomic E-state index is 5.28. The molecule has 0 N–H and O–H groups in total. The van der Waals surface area contributed by atoms with E-state index in [0.717, 1.165) is 34.5 Å². The lowest BCUT2D eigenvalue weighted by Gasteiger charge is -2.03. The average Bonchev–Trinajstić information content (AvgIpc) is 2.56. The van der Waals surface area contributed by atoms with E-state index >= 15 is 0 Å². The topological polar surface area (TPSA) is 27.1 Å². The Kier molecular flexibility index (Phi) is 2.95. The molecule has 3 nitrogen and oxygen atoms in total. The number of hydrogen-bond donors (Lipinski definition) is 0. The number of para-hydroxylation sites is 1. The van der Waals surface area contributed by atoms with Crippen LogP contribution >= 0.6 is 15.9 Å². The first-order valence-electron chi connectivity index (χ1n) is 4.96. The molecule has 1 aromatic heterocycles. The van der Waals surface area contributed by atoms with Gasteiger partial charge in [0.25, 0.3) is 0 Å². The Balaban J connectivity index is 2.67. The molecule has 0 saturated heterocycles. The molecule has 1 aromatic carbocycles. The third-order valence-electron chi connectivity index (χ3n) is 2.36. The van der Waals surface area contributed by atoms with E-state index in [0.29, 0.717) is 0 Å². The second-order valence-corrected chi connectivity index (χ2v) is 4.07. The third kappa shape index (κ3) is 1.74. The average molecular weight is 269 g/mol. The van der Waals surface area contributed by atoms with Gasteiger partial charge in [-0.3, -0.25) is 0 Å². The van der Waals surface area contributed by atoms with Crippen molar-refractivity contribution < 1.29 is 4.74 Å². The Morgan fingerprint density at radius 3 is 2.93 bits per heavy atom. The minimum Gasteiger partial charge on any atom is -0.494 e. The summed E-state index contributed by atoms with van der Waals surface area (Å²) in [6.07, 6.45) is 1.08. The van der Waals surface area contributed by atoms with Crippen molar-refractivity contribution in [3.05, 3.63) is 22.9 Å². The molecule has 0 aliphatic heterocycles. The molecule has 0 bridgehead atoms. The van der Waals surface area contributed by atoms with Crippen molar-refractivity contribution in [3.63, 3.8) is 0 Å². The van der Waals surface area contributed by atoms with Gasteiger partial charge < -0.3 is 9.30 Å². The van der Waals surface area contributed by atoms with Crippen LogP contribution in [-0.4, -0.2) is 16.7 Å². The number of ether oxygens (including phenoxy) is 1. The molecule has 2 rings (SSSR count). The minimum absolute atomic E-state index is 0.822. The zero-order chi connectivity index (χ0) is 10.8.